The molecule has 32 heavy (non-hydrogen) atoms. The molecule has 1 amide bonds. The first-order valence-electron chi connectivity index (χ1n) is 9.14. The van der Waals surface area contributed by atoms with Crippen LogP contribution in [0.2, 0.25) is 0 Å². The zero-order valence-electron chi connectivity index (χ0n) is 16.4. The quantitative estimate of drug-likeness (QED) is 0.382. The van der Waals surface area contributed by atoms with E-state index >= 15 is 0 Å². The van der Waals surface area contributed by atoms with E-state index < -0.39 is 17.6 Å². The minimum absolute atomic E-state index is 0.0426. The summed E-state index contributed by atoms with van der Waals surface area (Å²) >= 11 is 1.17. The molecule has 0 unspecified atom stereocenters. The fraction of sp³-hybridized carbons (Fsp3) is 0.143. The average molecular weight is 459 g/mol. The van der Waals surface area contributed by atoms with Crippen molar-refractivity contribution >= 4 is 34.3 Å². The van der Waals surface area contributed by atoms with Crippen LogP contribution in [0.1, 0.15) is 16.8 Å². The Balaban J connectivity index is 1.50. The van der Waals surface area contributed by atoms with E-state index in [1.807, 2.05) is 6.07 Å². The van der Waals surface area contributed by atoms with Gasteiger partial charge in [-0.3, -0.25) is 4.79 Å². The highest BCUT2D eigenvalue weighted by Crippen LogP contribution is 2.31. The number of aromatic nitrogens is 1. The van der Waals surface area contributed by atoms with Crippen molar-refractivity contribution < 1.29 is 22.7 Å². The number of benzene rings is 2. The smallest absolute Gasteiger partial charge is 0.416 e. The SMILES string of the molecule is N#CCOc1ccc(/C=N\NC(=O)Cc2csc(Nc3cccc(C(F)(F)F)c3)n2)cc1. The molecule has 0 radical (unpaired) electrons. The van der Waals surface area contributed by atoms with Crippen LogP contribution in [-0.2, 0) is 17.4 Å². The van der Waals surface area contributed by atoms with Crippen molar-refractivity contribution in [2.75, 3.05) is 11.9 Å². The lowest BCUT2D eigenvalue weighted by Crippen LogP contribution is -2.19. The van der Waals surface area contributed by atoms with Crippen molar-refractivity contribution in [1.29, 1.82) is 5.26 Å². The number of thiazole rings is 1. The molecule has 0 fully saturated rings. The monoisotopic (exact) mass is 459 g/mol. The molecule has 0 aliphatic carbocycles. The van der Waals surface area contributed by atoms with E-state index in [1.54, 1.807) is 29.6 Å². The zero-order valence-corrected chi connectivity index (χ0v) is 17.2. The molecule has 7 nitrogen and oxygen atoms in total. The summed E-state index contributed by atoms with van der Waals surface area (Å²) in [7, 11) is 0. The van der Waals surface area contributed by atoms with Gasteiger partial charge in [-0.05, 0) is 48.0 Å². The summed E-state index contributed by atoms with van der Waals surface area (Å²) in [6.07, 6.45) is -3.02. The van der Waals surface area contributed by atoms with E-state index in [1.165, 1.54) is 29.7 Å². The first-order chi connectivity index (χ1) is 15.3. The van der Waals surface area contributed by atoms with E-state index in [0.29, 0.717) is 16.6 Å². The summed E-state index contributed by atoms with van der Waals surface area (Å²) in [5, 5.41) is 17.2. The highest BCUT2D eigenvalue weighted by atomic mass is 32.1. The van der Waals surface area contributed by atoms with Gasteiger partial charge in [0.25, 0.3) is 0 Å². The predicted molar refractivity (Wildman–Crippen MR) is 114 cm³/mol. The van der Waals surface area contributed by atoms with Crippen LogP contribution in [-0.4, -0.2) is 23.7 Å². The Kier molecular flexibility index (Phi) is 7.41. The Hall–Kier alpha value is -3.91. The van der Waals surface area contributed by atoms with Gasteiger partial charge in [-0.25, -0.2) is 10.4 Å². The summed E-state index contributed by atoms with van der Waals surface area (Å²) in [5.41, 5.74) is 3.05. The summed E-state index contributed by atoms with van der Waals surface area (Å²) in [5.74, 6) is 0.150. The number of carbonyl (C=O) groups excluding carboxylic acids is 1. The molecule has 0 atom stereocenters. The second kappa shape index (κ2) is 10.4. The summed E-state index contributed by atoms with van der Waals surface area (Å²) in [6, 6.07) is 13.4. The van der Waals surface area contributed by atoms with Gasteiger partial charge in [0.2, 0.25) is 5.91 Å². The Morgan fingerprint density at radius 1 is 1.25 bits per heavy atom. The third-order valence-electron chi connectivity index (χ3n) is 3.92. The van der Waals surface area contributed by atoms with E-state index in [2.05, 4.69) is 20.8 Å². The molecule has 164 valence electrons. The summed E-state index contributed by atoms with van der Waals surface area (Å²) in [4.78, 5) is 16.3. The standard InChI is InChI=1S/C21H16F3N5O2S/c22-21(23,24)15-2-1-3-16(10-15)27-20-28-17(13-32-20)11-19(30)29-26-12-14-4-6-18(7-5-14)31-9-8-25/h1-7,10,12-13H,9,11H2,(H,27,28)(H,29,30)/b26-12-. The van der Waals surface area contributed by atoms with Gasteiger partial charge in [0.15, 0.2) is 11.7 Å². The third-order valence-corrected chi connectivity index (χ3v) is 4.73. The minimum atomic E-state index is -4.43. The van der Waals surface area contributed by atoms with E-state index in [0.717, 1.165) is 17.7 Å². The van der Waals surface area contributed by atoms with Crippen LogP contribution >= 0.6 is 11.3 Å². The van der Waals surface area contributed by atoms with Crippen molar-refractivity contribution in [2.24, 2.45) is 5.10 Å². The van der Waals surface area contributed by atoms with Crippen LogP contribution in [0.4, 0.5) is 24.0 Å². The lowest BCUT2D eigenvalue weighted by atomic mass is 10.2. The molecule has 1 aromatic heterocycles. The molecule has 0 saturated heterocycles. The molecule has 1 heterocycles. The number of halogens is 3. The fourth-order valence-corrected chi connectivity index (χ4v) is 3.22. The summed E-state index contributed by atoms with van der Waals surface area (Å²) in [6.45, 7) is -0.0444. The van der Waals surface area contributed by atoms with Crippen LogP contribution in [0.5, 0.6) is 5.75 Å². The minimum Gasteiger partial charge on any atom is -0.479 e. The molecule has 0 saturated carbocycles. The number of hydrogen-bond donors (Lipinski definition) is 2. The number of alkyl halides is 3. The molecule has 2 aromatic carbocycles. The van der Waals surface area contributed by atoms with Crippen molar-refractivity contribution in [3.8, 4) is 11.8 Å². The van der Waals surface area contributed by atoms with Gasteiger partial charge in [-0.1, -0.05) is 6.07 Å². The average Bonchev–Trinajstić information content (AvgIpc) is 3.19. The lowest BCUT2D eigenvalue weighted by molar-refractivity contribution is -0.137. The predicted octanol–water partition coefficient (Wildman–Crippen LogP) is 4.50. The van der Waals surface area contributed by atoms with Crippen LogP contribution in [0.15, 0.2) is 59.0 Å². The van der Waals surface area contributed by atoms with Crippen molar-refractivity contribution in [2.45, 2.75) is 12.6 Å². The Bertz CT molecular complexity index is 1140. The Morgan fingerprint density at radius 2 is 2.03 bits per heavy atom. The van der Waals surface area contributed by atoms with Gasteiger partial charge in [0.05, 0.1) is 23.9 Å². The fourth-order valence-electron chi connectivity index (χ4n) is 2.49. The van der Waals surface area contributed by atoms with Crippen molar-refractivity contribution in [3.63, 3.8) is 0 Å². The van der Waals surface area contributed by atoms with Gasteiger partial charge >= 0.3 is 6.18 Å². The molecule has 0 spiro atoms. The first kappa shape index (κ1) is 22.8. The number of nitrogens with zero attached hydrogens (tertiary/aromatic N) is 3. The highest BCUT2D eigenvalue weighted by Gasteiger charge is 2.30. The number of ether oxygens (including phenoxy) is 1. The molecule has 11 heteroatoms. The number of hydrogen-bond acceptors (Lipinski definition) is 7. The number of carbonyl (C=O) groups is 1. The molecule has 0 aliphatic heterocycles. The maximum absolute atomic E-state index is 12.8. The molecule has 3 aromatic rings. The van der Waals surface area contributed by atoms with Gasteiger partial charge in [-0.15, -0.1) is 11.3 Å². The number of anilines is 2. The zero-order chi connectivity index (χ0) is 23.0. The van der Waals surface area contributed by atoms with Gasteiger partial charge in [0, 0.05) is 11.1 Å². The maximum Gasteiger partial charge on any atom is 0.416 e. The van der Waals surface area contributed by atoms with Crippen molar-refractivity contribution in [1.82, 2.24) is 10.4 Å². The second-order valence-electron chi connectivity index (χ2n) is 6.33. The number of nitriles is 1. The molecule has 0 bridgehead atoms. The number of rotatable bonds is 8. The van der Waals surface area contributed by atoms with E-state index in [4.69, 9.17) is 10.00 Å². The van der Waals surface area contributed by atoms with Gasteiger partial charge in [-0.2, -0.15) is 23.5 Å². The third kappa shape index (κ3) is 6.82. The van der Waals surface area contributed by atoms with Crippen LogP contribution < -0.4 is 15.5 Å². The number of hydrazone groups is 1. The molecular weight excluding hydrogens is 443 g/mol. The lowest BCUT2D eigenvalue weighted by Gasteiger charge is -2.08. The number of nitrogens with one attached hydrogen (secondary N) is 2. The van der Waals surface area contributed by atoms with Gasteiger partial charge < -0.3 is 10.1 Å². The van der Waals surface area contributed by atoms with Gasteiger partial charge in [0.1, 0.15) is 11.8 Å². The Labute approximate surface area is 185 Å². The molecule has 2 N–H and O–H groups in total. The normalized spacial score (nSPS) is 11.2. The second-order valence-corrected chi connectivity index (χ2v) is 7.19. The molecule has 3 rings (SSSR count). The number of amides is 1. The largest absolute Gasteiger partial charge is 0.479 e. The molecule has 0 aliphatic rings. The Morgan fingerprint density at radius 3 is 2.75 bits per heavy atom. The van der Waals surface area contributed by atoms with E-state index in [-0.39, 0.29) is 18.7 Å². The first-order valence-corrected chi connectivity index (χ1v) is 10.0. The molecular formula is C21H16F3N5O2S. The summed E-state index contributed by atoms with van der Waals surface area (Å²) < 4.78 is 43.6. The topological polar surface area (TPSA) is 99.4 Å². The van der Waals surface area contributed by atoms with Crippen LogP contribution in [0.3, 0.4) is 0 Å². The van der Waals surface area contributed by atoms with Crippen LogP contribution in [0, 0.1) is 11.3 Å². The highest BCUT2D eigenvalue weighted by molar-refractivity contribution is 7.13. The van der Waals surface area contributed by atoms with Crippen LogP contribution in [0.25, 0.3) is 0 Å². The van der Waals surface area contributed by atoms with E-state index in [9.17, 15) is 18.0 Å². The van der Waals surface area contributed by atoms with Crippen molar-refractivity contribution in [3.05, 3.63) is 70.7 Å². The maximum atomic E-state index is 12.8.